The zero-order valence-corrected chi connectivity index (χ0v) is 37.8. The van der Waals surface area contributed by atoms with Crippen LogP contribution in [0.2, 0.25) is 0 Å². The first-order valence-corrected chi connectivity index (χ1v) is 23.5. The Morgan fingerprint density at radius 2 is 1.44 bits per heavy atom. The molecule has 2 heterocycles. The number of nitrogens with one attached hydrogen (secondary N) is 8. The van der Waals surface area contributed by atoms with Gasteiger partial charge in [-0.2, -0.15) is 0 Å². The molecular weight excluding hydrogens is 857 g/mol. The van der Waals surface area contributed by atoms with Crippen molar-refractivity contribution in [1.29, 1.82) is 5.41 Å². The minimum absolute atomic E-state index is 0.00184. The van der Waals surface area contributed by atoms with E-state index in [1.165, 1.54) is 17.7 Å². The number of primary amides is 1. The van der Waals surface area contributed by atoms with Gasteiger partial charge in [0.1, 0.15) is 30.2 Å². The minimum Gasteiger partial charge on any atom is -0.388 e. The summed E-state index contributed by atoms with van der Waals surface area (Å²) in [5.74, 6) is -4.73. The van der Waals surface area contributed by atoms with Gasteiger partial charge in [-0.25, -0.2) is 0 Å². The maximum atomic E-state index is 14.5. The van der Waals surface area contributed by atoms with Gasteiger partial charge in [0.05, 0.1) is 12.4 Å². The van der Waals surface area contributed by atoms with Gasteiger partial charge in [0, 0.05) is 53.8 Å². The Kier molecular flexibility index (Phi) is 17.6. The number of unbranched alkanes of at least 4 members (excludes halogenated alkanes) is 3. The highest BCUT2D eigenvalue weighted by Gasteiger charge is 2.38. The van der Waals surface area contributed by atoms with Crippen molar-refractivity contribution in [3.63, 3.8) is 0 Å². The van der Waals surface area contributed by atoms with Gasteiger partial charge >= 0.3 is 0 Å². The molecule has 342 valence electrons. The van der Waals surface area contributed by atoms with E-state index in [1.807, 2.05) is 66.7 Å². The fourth-order valence-electron chi connectivity index (χ4n) is 7.41. The lowest BCUT2D eigenvalue weighted by Gasteiger charge is -2.33. The molecule has 0 radical (unpaired) electrons. The lowest BCUT2D eigenvalue weighted by molar-refractivity contribution is -0.134. The van der Waals surface area contributed by atoms with Crippen LogP contribution in [0.1, 0.15) is 70.4 Å². The molecule has 1 fully saturated rings. The lowest BCUT2D eigenvalue weighted by atomic mass is 9.99. The van der Waals surface area contributed by atoms with E-state index >= 15 is 0 Å². The summed E-state index contributed by atoms with van der Waals surface area (Å²) in [5, 5.41) is 26.7. The largest absolute Gasteiger partial charge is 0.388 e. The number of aromatic nitrogens is 1. The van der Waals surface area contributed by atoms with Gasteiger partial charge in [0.25, 0.3) is 0 Å². The Morgan fingerprint density at radius 1 is 0.781 bits per heavy atom. The van der Waals surface area contributed by atoms with Gasteiger partial charge in [-0.05, 0) is 54.7 Å². The summed E-state index contributed by atoms with van der Waals surface area (Å²) in [7, 11) is 2.31. The second-order valence-corrected chi connectivity index (χ2v) is 19.5. The maximum Gasteiger partial charge on any atom is 0.244 e. The molecule has 64 heavy (non-hydrogen) atoms. The third-order valence-electron chi connectivity index (χ3n) is 10.9. The number of H-pyrrole nitrogens is 1. The van der Waals surface area contributed by atoms with Crippen LogP contribution >= 0.6 is 21.6 Å². The molecule has 12 N–H and O–H groups in total. The highest BCUT2D eigenvalue weighted by molar-refractivity contribution is 8.77. The number of amidine groups is 1. The molecular formula is C45H58N10O7S2. The van der Waals surface area contributed by atoms with Gasteiger partial charge in [0.2, 0.25) is 41.4 Å². The van der Waals surface area contributed by atoms with Gasteiger partial charge in [-0.1, -0.05) is 102 Å². The van der Waals surface area contributed by atoms with Crippen molar-refractivity contribution < 1.29 is 33.6 Å². The van der Waals surface area contributed by atoms with Crippen molar-refractivity contribution in [2.24, 2.45) is 11.5 Å². The molecule has 2 unspecified atom stereocenters. The van der Waals surface area contributed by atoms with Crippen molar-refractivity contribution in [3.8, 4) is 0 Å². The molecule has 7 amide bonds. The van der Waals surface area contributed by atoms with Crippen LogP contribution in [0.4, 0.5) is 0 Å². The van der Waals surface area contributed by atoms with Gasteiger partial charge in [-0.15, -0.1) is 0 Å². The number of fused-ring (bicyclic) bond motifs is 2. The van der Waals surface area contributed by atoms with Crippen molar-refractivity contribution in [2.75, 3.05) is 12.3 Å². The summed E-state index contributed by atoms with van der Waals surface area (Å²) in [4.78, 5) is 98.9. The first-order chi connectivity index (χ1) is 30.5. The average molecular weight is 915 g/mol. The van der Waals surface area contributed by atoms with Crippen LogP contribution in [0.5, 0.6) is 0 Å². The second-order valence-electron chi connectivity index (χ2n) is 16.5. The minimum atomic E-state index is -1.25. The fraction of sp³-hybridized carbons (Fsp3) is 0.422. The molecule has 1 aromatic heterocycles. The van der Waals surface area contributed by atoms with Crippen LogP contribution in [0, 0.1) is 5.41 Å². The lowest BCUT2D eigenvalue weighted by Crippen LogP contribution is -2.60. The maximum absolute atomic E-state index is 14.5. The van der Waals surface area contributed by atoms with Gasteiger partial charge in [0.15, 0.2) is 0 Å². The first-order valence-electron chi connectivity index (χ1n) is 21.2. The van der Waals surface area contributed by atoms with E-state index < -0.39 is 82.9 Å². The summed E-state index contributed by atoms with van der Waals surface area (Å²) in [5.41, 5.74) is 13.6. The molecule has 5 atom stereocenters. The van der Waals surface area contributed by atoms with E-state index in [0.29, 0.717) is 43.2 Å². The van der Waals surface area contributed by atoms with E-state index in [1.54, 1.807) is 20.0 Å². The Morgan fingerprint density at radius 3 is 2.17 bits per heavy atom. The molecule has 0 aliphatic carbocycles. The smallest absolute Gasteiger partial charge is 0.244 e. The number of nitrogens with two attached hydrogens (primary N) is 2. The van der Waals surface area contributed by atoms with E-state index in [2.05, 4.69) is 36.9 Å². The molecule has 19 heteroatoms. The van der Waals surface area contributed by atoms with E-state index in [0.717, 1.165) is 32.5 Å². The summed E-state index contributed by atoms with van der Waals surface area (Å²) in [6, 6.07) is 14.8. The third kappa shape index (κ3) is 14.2. The number of para-hydroxylation sites is 1. The molecule has 5 rings (SSSR count). The predicted octanol–water partition coefficient (Wildman–Crippen LogP) is 2.60. The molecule has 1 aliphatic rings. The Bertz CT molecular complexity index is 2350. The molecule has 17 nitrogen and oxygen atoms in total. The van der Waals surface area contributed by atoms with Crippen molar-refractivity contribution in [3.05, 3.63) is 84.1 Å². The number of carbonyl (C=O) groups excluding carboxylic acids is 7. The quantitative estimate of drug-likeness (QED) is 0.0405. The van der Waals surface area contributed by atoms with Gasteiger partial charge in [-0.3, -0.25) is 39.0 Å². The summed E-state index contributed by atoms with van der Waals surface area (Å²) >= 11 is 0. The van der Waals surface area contributed by atoms with E-state index in [-0.39, 0.29) is 30.9 Å². The SMILES string of the molecule is CC(=O)NC1C(=O)NCC(=O)N[C@H](Cc2ccc3ccccc3c2)C(=O)N[C@@H](CCCCCCC(=N)N)C(=O)N[C@@H](Cc2c[nH]c3ccccc23)C(=O)NC(C(N)=O)CSSC1(C)C. The summed E-state index contributed by atoms with van der Waals surface area (Å²) < 4.78 is -1.03. The molecule has 4 aromatic rings. The average Bonchev–Trinajstić information content (AvgIpc) is 3.66. The number of carbonyl (C=O) groups is 7. The second kappa shape index (κ2) is 23.0. The van der Waals surface area contributed by atoms with E-state index in [9.17, 15) is 33.6 Å². The number of hydrogen-bond donors (Lipinski definition) is 10. The van der Waals surface area contributed by atoms with Gasteiger partial charge < -0.3 is 48.4 Å². The van der Waals surface area contributed by atoms with Crippen LogP contribution in [-0.2, 0) is 46.4 Å². The number of benzene rings is 3. The molecule has 0 spiro atoms. The topological polar surface area (TPSA) is 283 Å². The standard InChI is InChI=1S/C45H58N10O7S2/c1-26(56)51-39-44(62)50-24-38(57)52-34(21-27-18-19-28-12-8-9-13-29(28)20-27)42(60)53-33(16-6-4-5-7-17-37(46)47)41(59)54-35(22-30-23-49-32-15-11-10-14-31(30)32)43(61)55-36(40(48)58)25-63-64-45(39,2)3/h8-15,18-20,23,33-36,39,49H,4-7,16-17,21-22,24-25H2,1-3H3,(H3,46,47)(H2,48,58)(H,50,62)(H,51,56)(H,52,57)(H,53,60)(H,54,59)(H,55,61)/t33-,34+,35-,36?,39?/m0/s1. The van der Waals surface area contributed by atoms with Crippen LogP contribution < -0.4 is 43.4 Å². The molecule has 1 aliphatic heterocycles. The zero-order chi connectivity index (χ0) is 46.4. The number of hydrogen-bond acceptors (Lipinski definition) is 10. The van der Waals surface area contributed by atoms with E-state index in [4.69, 9.17) is 16.9 Å². The summed E-state index contributed by atoms with van der Waals surface area (Å²) in [6.07, 6.45) is 4.85. The molecule has 0 bridgehead atoms. The predicted molar refractivity (Wildman–Crippen MR) is 251 cm³/mol. The van der Waals surface area contributed by atoms with Crippen molar-refractivity contribution in [2.45, 2.75) is 107 Å². The molecule has 3 aromatic carbocycles. The molecule has 1 saturated heterocycles. The normalized spacial score (nSPS) is 21.7. The number of amides is 7. The zero-order valence-electron chi connectivity index (χ0n) is 36.2. The van der Waals surface area contributed by atoms with Crippen LogP contribution in [0.3, 0.4) is 0 Å². The summed E-state index contributed by atoms with van der Waals surface area (Å²) in [6.45, 7) is 4.12. The Labute approximate surface area is 379 Å². The number of rotatable bonds is 13. The highest BCUT2D eigenvalue weighted by Crippen LogP contribution is 2.38. The Hall–Kier alpha value is -6.08. The number of aromatic amines is 1. The Balaban J connectivity index is 1.52. The monoisotopic (exact) mass is 914 g/mol. The van der Waals surface area contributed by atoms with Crippen LogP contribution in [0.25, 0.3) is 21.7 Å². The molecule has 0 saturated carbocycles. The van der Waals surface area contributed by atoms with Crippen molar-refractivity contribution >= 4 is 90.4 Å². The van der Waals surface area contributed by atoms with Crippen LogP contribution in [-0.4, -0.2) is 99.4 Å². The highest BCUT2D eigenvalue weighted by atomic mass is 33.1. The van der Waals surface area contributed by atoms with Crippen molar-refractivity contribution in [1.82, 2.24) is 36.9 Å². The first kappa shape index (κ1) is 48.9. The fourth-order valence-corrected chi connectivity index (χ4v) is 10.2. The van der Waals surface area contributed by atoms with Crippen LogP contribution in [0.15, 0.2) is 72.9 Å². The third-order valence-corrected chi connectivity index (χ3v) is 14.2.